The number of hydrogen-bond acceptors (Lipinski definition) is 1. The van der Waals surface area contributed by atoms with Crippen LogP contribution >= 0.6 is 0 Å². The zero-order valence-electron chi connectivity index (χ0n) is 11.6. The number of hydrogen-bond donors (Lipinski definition) is 2. The zero-order valence-corrected chi connectivity index (χ0v) is 11.6. The third kappa shape index (κ3) is 6.28. The molecule has 0 bridgehead atoms. The average Bonchev–Trinajstić information content (AvgIpc) is 2.36. The Balaban J connectivity index is 2.25. The molecule has 0 radical (unpaired) electrons. The van der Waals surface area contributed by atoms with Gasteiger partial charge in [0.15, 0.2) is 5.96 Å². The molecule has 100 valence electrons. The molecule has 0 aliphatic rings. The Morgan fingerprint density at radius 1 is 1.28 bits per heavy atom. The molecule has 0 saturated heterocycles. The lowest BCUT2D eigenvalue weighted by atomic mass is 10.1. The van der Waals surface area contributed by atoms with Gasteiger partial charge in [-0.25, -0.2) is 4.99 Å². The molecule has 0 fully saturated rings. The Labute approximate surface area is 111 Å². The summed E-state index contributed by atoms with van der Waals surface area (Å²) in [6.07, 6.45) is 4.97. The summed E-state index contributed by atoms with van der Waals surface area (Å²) in [5, 5.41) is 3.15. The fourth-order valence-corrected chi connectivity index (χ4v) is 1.81. The number of aliphatic imine (C=N–C) groups is 1. The maximum Gasteiger partial charge on any atom is 0.188 e. The molecule has 0 amide bonds. The van der Waals surface area contributed by atoms with Gasteiger partial charge in [-0.2, -0.15) is 0 Å². The topological polar surface area (TPSA) is 50.4 Å². The molecule has 0 spiro atoms. The summed E-state index contributed by atoms with van der Waals surface area (Å²) in [5.74, 6) is 0.549. The van der Waals surface area contributed by atoms with E-state index >= 15 is 0 Å². The van der Waals surface area contributed by atoms with Crippen molar-refractivity contribution in [3.63, 3.8) is 0 Å². The van der Waals surface area contributed by atoms with Gasteiger partial charge >= 0.3 is 0 Å². The minimum Gasteiger partial charge on any atom is -0.370 e. The number of aryl methyl sites for hydroxylation is 1. The molecule has 18 heavy (non-hydrogen) atoms. The quantitative estimate of drug-likeness (QED) is 0.442. The Hall–Kier alpha value is -1.51. The minimum atomic E-state index is 0.549. The summed E-state index contributed by atoms with van der Waals surface area (Å²) < 4.78 is 0. The lowest BCUT2D eigenvalue weighted by Crippen LogP contribution is -2.32. The van der Waals surface area contributed by atoms with Crippen LogP contribution < -0.4 is 11.1 Å². The fourth-order valence-electron chi connectivity index (χ4n) is 1.81. The van der Waals surface area contributed by atoms with Gasteiger partial charge in [0.1, 0.15) is 0 Å². The standard InChI is InChI=1S/C15H25N3/c1-3-4-5-6-10-17-15(16)18-12-14-9-7-8-13(2)11-14/h7-9,11H,3-6,10,12H2,1-2H3,(H3,16,17,18). The predicted molar refractivity (Wildman–Crippen MR) is 78.7 cm³/mol. The largest absolute Gasteiger partial charge is 0.370 e. The van der Waals surface area contributed by atoms with E-state index < -0.39 is 0 Å². The predicted octanol–water partition coefficient (Wildman–Crippen LogP) is 2.98. The molecule has 0 aliphatic carbocycles. The van der Waals surface area contributed by atoms with Crippen molar-refractivity contribution in [2.45, 2.75) is 46.1 Å². The SMILES string of the molecule is CCCCCCNC(N)=NCc1cccc(C)c1. The number of benzene rings is 1. The van der Waals surface area contributed by atoms with Gasteiger partial charge in [-0.05, 0) is 18.9 Å². The Morgan fingerprint density at radius 3 is 2.83 bits per heavy atom. The summed E-state index contributed by atoms with van der Waals surface area (Å²) in [5.41, 5.74) is 8.27. The van der Waals surface area contributed by atoms with Gasteiger partial charge in [0.05, 0.1) is 6.54 Å². The summed E-state index contributed by atoms with van der Waals surface area (Å²) in [4.78, 5) is 4.34. The van der Waals surface area contributed by atoms with Crippen molar-refractivity contribution in [1.29, 1.82) is 0 Å². The van der Waals surface area contributed by atoms with E-state index in [1.807, 2.05) is 0 Å². The van der Waals surface area contributed by atoms with Gasteiger partial charge in [-0.1, -0.05) is 56.0 Å². The van der Waals surface area contributed by atoms with Crippen molar-refractivity contribution in [3.8, 4) is 0 Å². The second-order valence-electron chi connectivity index (χ2n) is 4.68. The molecular formula is C15H25N3. The number of rotatable bonds is 7. The van der Waals surface area contributed by atoms with Crippen molar-refractivity contribution >= 4 is 5.96 Å². The normalized spacial score (nSPS) is 11.6. The van der Waals surface area contributed by atoms with Crippen LogP contribution in [0.25, 0.3) is 0 Å². The van der Waals surface area contributed by atoms with E-state index in [2.05, 4.69) is 48.4 Å². The highest BCUT2D eigenvalue weighted by atomic mass is 15.1. The molecule has 0 atom stereocenters. The minimum absolute atomic E-state index is 0.549. The highest BCUT2D eigenvalue weighted by molar-refractivity contribution is 5.77. The van der Waals surface area contributed by atoms with Crippen LogP contribution in [-0.4, -0.2) is 12.5 Å². The van der Waals surface area contributed by atoms with Gasteiger partial charge in [-0.3, -0.25) is 0 Å². The molecule has 1 rings (SSSR count). The highest BCUT2D eigenvalue weighted by Crippen LogP contribution is 2.04. The van der Waals surface area contributed by atoms with E-state index in [-0.39, 0.29) is 0 Å². The second-order valence-corrected chi connectivity index (χ2v) is 4.68. The Kier molecular flexibility index (Phi) is 6.92. The first-order valence-corrected chi connectivity index (χ1v) is 6.81. The first kappa shape index (κ1) is 14.6. The van der Waals surface area contributed by atoms with Crippen molar-refractivity contribution in [2.75, 3.05) is 6.54 Å². The van der Waals surface area contributed by atoms with Crippen molar-refractivity contribution in [1.82, 2.24) is 5.32 Å². The van der Waals surface area contributed by atoms with E-state index in [4.69, 9.17) is 5.73 Å². The van der Waals surface area contributed by atoms with E-state index in [0.717, 1.165) is 13.0 Å². The first-order chi connectivity index (χ1) is 8.72. The number of nitrogens with one attached hydrogen (secondary N) is 1. The molecule has 0 heterocycles. The van der Waals surface area contributed by atoms with Gasteiger partial charge in [-0.15, -0.1) is 0 Å². The van der Waals surface area contributed by atoms with Crippen LogP contribution in [0.3, 0.4) is 0 Å². The fraction of sp³-hybridized carbons (Fsp3) is 0.533. The monoisotopic (exact) mass is 247 g/mol. The summed E-state index contributed by atoms with van der Waals surface area (Å²) >= 11 is 0. The van der Waals surface area contributed by atoms with E-state index in [1.54, 1.807) is 0 Å². The number of guanidine groups is 1. The number of nitrogens with zero attached hydrogens (tertiary/aromatic N) is 1. The van der Waals surface area contributed by atoms with Crippen LogP contribution in [0.4, 0.5) is 0 Å². The highest BCUT2D eigenvalue weighted by Gasteiger charge is 1.94. The lowest BCUT2D eigenvalue weighted by Gasteiger charge is -2.05. The summed E-state index contributed by atoms with van der Waals surface area (Å²) in [6, 6.07) is 8.35. The third-order valence-corrected chi connectivity index (χ3v) is 2.85. The van der Waals surface area contributed by atoms with Gasteiger partial charge in [0.25, 0.3) is 0 Å². The molecule has 0 saturated carbocycles. The molecule has 0 aliphatic heterocycles. The maximum absolute atomic E-state index is 5.81. The van der Waals surface area contributed by atoms with Crippen LogP contribution in [0.2, 0.25) is 0 Å². The van der Waals surface area contributed by atoms with Crippen LogP contribution in [-0.2, 0) is 6.54 Å². The van der Waals surface area contributed by atoms with Crippen molar-refractivity contribution in [3.05, 3.63) is 35.4 Å². The van der Waals surface area contributed by atoms with E-state index in [1.165, 1.54) is 30.4 Å². The number of nitrogens with two attached hydrogens (primary N) is 1. The molecule has 1 aromatic carbocycles. The van der Waals surface area contributed by atoms with Crippen LogP contribution in [0, 0.1) is 6.92 Å². The van der Waals surface area contributed by atoms with Crippen molar-refractivity contribution < 1.29 is 0 Å². The lowest BCUT2D eigenvalue weighted by molar-refractivity contribution is 0.652. The molecular weight excluding hydrogens is 222 g/mol. The van der Waals surface area contributed by atoms with Crippen molar-refractivity contribution in [2.24, 2.45) is 10.7 Å². The summed E-state index contributed by atoms with van der Waals surface area (Å²) in [6.45, 7) is 5.87. The van der Waals surface area contributed by atoms with Gasteiger partial charge in [0, 0.05) is 6.54 Å². The van der Waals surface area contributed by atoms with E-state index in [9.17, 15) is 0 Å². The van der Waals surface area contributed by atoms with Gasteiger partial charge < -0.3 is 11.1 Å². The van der Waals surface area contributed by atoms with Crippen LogP contribution in [0.5, 0.6) is 0 Å². The average molecular weight is 247 g/mol. The molecule has 0 unspecified atom stereocenters. The Morgan fingerprint density at radius 2 is 2.11 bits per heavy atom. The van der Waals surface area contributed by atoms with Crippen LogP contribution in [0.15, 0.2) is 29.3 Å². The zero-order chi connectivity index (χ0) is 13.2. The Bertz CT molecular complexity index is 372. The number of unbranched alkanes of at least 4 members (excludes halogenated alkanes) is 3. The summed E-state index contributed by atoms with van der Waals surface area (Å²) in [7, 11) is 0. The third-order valence-electron chi connectivity index (χ3n) is 2.85. The molecule has 1 aromatic rings. The molecule has 3 nitrogen and oxygen atoms in total. The molecule has 3 heteroatoms. The maximum atomic E-state index is 5.81. The second kappa shape index (κ2) is 8.56. The van der Waals surface area contributed by atoms with Crippen LogP contribution in [0.1, 0.15) is 43.7 Å². The van der Waals surface area contributed by atoms with Gasteiger partial charge in [0.2, 0.25) is 0 Å². The first-order valence-electron chi connectivity index (χ1n) is 6.81. The molecule has 0 aromatic heterocycles. The molecule has 3 N–H and O–H groups in total. The van der Waals surface area contributed by atoms with E-state index in [0.29, 0.717) is 12.5 Å². The smallest absolute Gasteiger partial charge is 0.188 e.